The minimum absolute atomic E-state index is 0.525. The van der Waals surface area contributed by atoms with Gasteiger partial charge in [0.25, 0.3) is 5.76 Å². The fourth-order valence-electron chi connectivity index (χ4n) is 2.73. The summed E-state index contributed by atoms with van der Waals surface area (Å²) in [5.74, 6) is -2.42. The Labute approximate surface area is 173 Å². The summed E-state index contributed by atoms with van der Waals surface area (Å²) < 4.78 is 24.9. The molecule has 0 atom stereocenters. The Balaban J connectivity index is 1.72. The van der Waals surface area contributed by atoms with E-state index in [1.165, 1.54) is 0 Å². The van der Waals surface area contributed by atoms with Gasteiger partial charge in [0, 0.05) is 23.7 Å². The molecule has 0 saturated carbocycles. The number of hydrogen-bond acceptors (Lipinski definition) is 2. The Kier molecular flexibility index (Phi) is 7.39. The van der Waals surface area contributed by atoms with E-state index in [0.717, 1.165) is 16.8 Å². The second-order valence-electron chi connectivity index (χ2n) is 6.16. The number of hydrogen-bond donors (Lipinski definition) is 1. The van der Waals surface area contributed by atoms with E-state index in [2.05, 4.69) is 34.5 Å². The van der Waals surface area contributed by atoms with Gasteiger partial charge in [-0.15, -0.1) is 0 Å². The lowest BCUT2D eigenvalue weighted by molar-refractivity contribution is 0.252. The lowest BCUT2D eigenvalue weighted by Crippen LogP contribution is -2.33. The summed E-state index contributed by atoms with van der Waals surface area (Å²) in [4.78, 5) is 2.61. The summed E-state index contributed by atoms with van der Waals surface area (Å²) in [6.45, 7) is 1.34. The molecule has 0 aliphatic carbocycles. The Morgan fingerprint density at radius 2 is 1.32 bits per heavy atom. The van der Waals surface area contributed by atoms with E-state index >= 15 is 0 Å². The van der Waals surface area contributed by atoms with Gasteiger partial charge in [0.2, 0.25) is 0 Å². The highest BCUT2D eigenvalue weighted by molar-refractivity contribution is 7.99. The smallest absolute Gasteiger partial charge is 0.288 e. The first-order chi connectivity index (χ1) is 13.6. The molecule has 0 unspecified atom stereocenters. The van der Waals surface area contributed by atoms with Crippen molar-refractivity contribution in [2.75, 3.05) is 5.32 Å². The molecule has 0 amide bonds. The van der Waals surface area contributed by atoms with Crippen LogP contribution in [0.2, 0.25) is 0 Å². The third-order valence-corrected chi connectivity index (χ3v) is 5.13. The van der Waals surface area contributed by atoms with E-state index in [9.17, 15) is 8.78 Å². The molecule has 144 valence electrons. The lowest BCUT2D eigenvalue weighted by Gasteiger charge is -2.26. The maximum atomic E-state index is 12.5. The van der Waals surface area contributed by atoms with Crippen LogP contribution >= 0.6 is 24.0 Å². The lowest BCUT2D eigenvalue weighted by atomic mass is 10.2. The van der Waals surface area contributed by atoms with E-state index in [1.54, 1.807) is 24.3 Å². The van der Waals surface area contributed by atoms with Gasteiger partial charge in [0.05, 0.1) is 0 Å². The zero-order chi connectivity index (χ0) is 19.8. The first-order valence-corrected chi connectivity index (χ1v) is 10.1. The van der Waals surface area contributed by atoms with Crippen LogP contribution in [0, 0.1) is 0 Å². The largest absolute Gasteiger partial charge is 0.340 e. The summed E-state index contributed by atoms with van der Waals surface area (Å²) in [5.41, 5.74) is 3.09. The van der Waals surface area contributed by atoms with Gasteiger partial charge in [-0.2, -0.15) is 8.78 Å². The molecule has 3 aromatic carbocycles. The minimum Gasteiger partial charge on any atom is -0.340 e. The summed E-state index contributed by atoms with van der Waals surface area (Å²) >= 11 is 6.18. The van der Waals surface area contributed by atoms with Crippen molar-refractivity contribution in [3.05, 3.63) is 96.1 Å². The molecule has 3 aromatic rings. The van der Waals surface area contributed by atoms with Gasteiger partial charge in [-0.25, -0.2) is 0 Å². The van der Waals surface area contributed by atoms with Crippen molar-refractivity contribution in [1.29, 1.82) is 0 Å². The predicted octanol–water partition coefficient (Wildman–Crippen LogP) is 6.40. The van der Waals surface area contributed by atoms with Crippen molar-refractivity contribution in [3.8, 4) is 0 Å². The first kappa shape index (κ1) is 20.3. The highest BCUT2D eigenvalue weighted by atomic mass is 32.2. The highest BCUT2D eigenvalue weighted by Crippen LogP contribution is 2.26. The van der Waals surface area contributed by atoms with E-state index in [0.29, 0.717) is 34.9 Å². The predicted molar refractivity (Wildman–Crippen MR) is 117 cm³/mol. The highest BCUT2D eigenvalue weighted by Gasteiger charge is 2.12. The zero-order valence-corrected chi connectivity index (χ0v) is 16.7. The maximum absolute atomic E-state index is 12.5. The van der Waals surface area contributed by atoms with E-state index < -0.39 is 5.76 Å². The van der Waals surface area contributed by atoms with Crippen molar-refractivity contribution in [2.24, 2.45) is 0 Å². The maximum Gasteiger partial charge on any atom is 0.288 e. The molecule has 2 nitrogen and oxygen atoms in total. The Hall–Kier alpha value is -2.44. The third-order valence-electron chi connectivity index (χ3n) is 4.05. The molecule has 0 spiro atoms. The van der Waals surface area contributed by atoms with Crippen LogP contribution in [0.1, 0.15) is 11.1 Å². The van der Waals surface area contributed by atoms with Gasteiger partial charge < -0.3 is 10.2 Å². The first-order valence-electron chi connectivity index (χ1n) is 8.79. The fraction of sp³-hybridized carbons (Fsp3) is 0.136. The van der Waals surface area contributed by atoms with Gasteiger partial charge in [-0.1, -0.05) is 72.4 Å². The number of benzene rings is 3. The summed E-state index contributed by atoms with van der Waals surface area (Å²) in [6, 6.07) is 27.1. The van der Waals surface area contributed by atoms with Crippen molar-refractivity contribution in [1.82, 2.24) is 4.90 Å². The van der Waals surface area contributed by atoms with Crippen LogP contribution in [-0.4, -0.2) is 15.8 Å². The molecule has 0 bridgehead atoms. The van der Waals surface area contributed by atoms with Crippen molar-refractivity contribution in [3.63, 3.8) is 0 Å². The number of alkyl halides is 2. The number of nitrogens with one attached hydrogen (secondary N) is 1. The Morgan fingerprint density at radius 3 is 1.79 bits per heavy atom. The van der Waals surface area contributed by atoms with Crippen molar-refractivity contribution < 1.29 is 8.78 Å². The SMILES string of the molecule is FC(F)Sc1ccc(NC(=S)N(Cc2ccccc2)Cc2ccccc2)cc1. The number of thioether (sulfide) groups is 1. The Morgan fingerprint density at radius 1 is 0.821 bits per heavy atom. The van der Waals surface area contributed by atoms with Gasteiger partial charge in [-0.05, 0) is 47.6 Å². The molecule has 6 heteroatoms. The van der Waals surface area contributed by atoms with Crippen LogP contribution in [0.4, 0.5) is 14.5 Å². The van der Waals surface area contributed by atoms with Crippen LogP contribution < -0.4 is 5.32 Å². The third kappa shape index (κ3) is 6.32. The van der Waals surface area contributed by atoms with Crippen molar-refractivity contribution >= 4 is 34.8 Å². The van der Waals surface area contributed by atoms with Crippen molar-refractivity contribution in [2.45, 2.75) is 23.7 Å². The second-order valence-corrected chi connectivity index (χ2v) is 7.61. The fourth-order valence-corrected chi connectivity index (χ4v) is 3.48. The van der Waals surface area contributed by atoms with E-state index in [4.69, 9.17) is 12.2 Å². The second kappa shape index (κ2) is 10.2. The average molecular weight is 415 g/mol. The van der Waals surface area contributed by atoms with Crippen LogP contribution in [-0.2, 0) is 13.1 Å². The molecule has 0 aliphatic heterocycles. The molecule has 0 aliphatic rings. The topological polar surface area (TPSA) is 15.3 Å². The molecule has 0 saturated heterocycles. The molecule has 0 radical (unpaired) electrons. The summed E-state index contributed by atoms with van der Waals surface area (Å²) in [7, 11) is 0. The standard InChI is InChI=1S/C22H20F2N2S2/c23-21(24)28-20-13-11-19(12-14-20)25-22(27)26(15-17-7-3-1-4-8-17)16-18-9-5-2-6-10-18/h1-14,21H,15-16H2,(H,25,27). The molecule has 1 N–H and O–H groups in total. The molecule has 0 aromatic heterocycles. The summed E-state index contributed by atoms with van der Waals surface area (Å²) in [5, 5.41) is 3.81. The number of rotatable bonds is 7. The van der Waals surface area contributed by atoms with E-state index in [-0.39, 0.29) is 0 Å². The Bertz CT molecular complexity index is 831. The van der Waals surface area contributed by atoms with Crippen LogP contribution in [0.3, 0.4) is 0 Å². The number of anilines is 1. The number of nitrogens with zero attached hydrogens (tertiary/aromatic N) is 1. The molecule has 0 fully saturated rings. The van der Waals surface area contributed by atoms with Gasteiger partial charge in [0.15, 0.2) is 5.11 Å². The average Bonchev–Trinajstić information content (AvgIpc) is 2.70. The normalized spacial score (nSPS) is 10.7. The molecule has 3 rings (SSSR count). The molecular formula is C22H20F2N2S2. The van der Waals surface area contributed by atoms with Crippen LogP contribution in [0.5, 0.6) is 0 Å². The van der Waals surface area contributed by atoms with Gasteiger partial charge in [0.1, 0.15) is 0 Å². The zero-order valence-electron chi connectivity index (χ0n) is 15.1. The number of thiocarbonyl (C=S) groups is 1. The molecule has 0 heterocycles. The van der Waals surface area contributed by atoms with Crippen LogP contribution in [0.15, 0.2) is 89.8 Å². The van der Waals surface area contributed by atoms with Gasteiger partial charge >= 0.3 is 0 Å². The summed E-state index contributed by atoms with van der Waals surface area (Å²) in [6.07, 6.45) is 0. The number of halogens is 2. The van der Waals surface area contributed by atoms with Gasteiger partial charge in [-0.3, -0.25) is 0 Å². The van der Waals surface area contributed by atoms with E-state index in [1.807, 2.05) is 36.4 Å². The molecular weight excluding hydrogens is 394 g/mol. The monoisotopic (exact) mass is 414 g/mol. The van der Waals surface area contributed by atoms with Crippen LogP contribution in [0.25, 0.3) is 0 Å². The minimum atomic E-state index is -2.42. The molecule has 28 heavy (non-hydrogen) atoms. The quantitative estimate of drug-likeness (QED) is 0.355.